The van der Waals surface area contributed by atoms with Crippen molar-refractivity contribution in [3.8, 4) is 0 Å². The molecule has 0 amide bonds. The molecule has 0 radical (unpaired) electrons. The molecular formula is C16H24N2O. The van der Waals surface area contributed by atoms with Crippen molar-refractivity contribution in [2.75, 3.05) is 18.5 Å². The molecule has 0 unspecified atom stereocenters. The lowest BCUT2D eigenvalue weighted by Crippen LogP contribution is -2.37. The lowest BCUT2D eigenvalue weighted by molar-refractivity contribution is 0.0465. The van der Waals surface area contributed by atoms with E-state index in [1.54, 1.807) is 0 Å². The molecule has 3 heteroatoms. The third kappa shape index (κ3) is 3.48. The Balaban J connectivity index is 1.49. The summed E-state index contributed by atoms with van der Waals surface area (Å²) in [7, 11) is 2.14. The van der Waals surface area contributed by atoms with Crippen LogP contribution in [0.15, 0.2) is 24.3 Å². The van der Waals surface area contributed by atoms with Gasteiger partial charge >= 0.3 is 0 Å². The van der Waals surface area contributed by atoms with Crippen LogP contribution in [0.1, 0.15) is 31.2 Å². The Kier molecular flexibility index (Phi) is 3.76. The molecule has 1 aromatic carbocycles. The van der Waals surface area contributed by atoms with Gasteiger partial charge < -0.3 is 15.3 Å². The molecule has 2 N–H and O–H groups in total. The van der Waals surface area contributed by atoms with Crippen molar-refractivity contribution in [3.05, 3.63) is 29.8 Å². The third-order valence-electron chi connectivity index (χ3n) is 4.29. The second-order valence-corrected chi connectivity index (χ2v) is 6.19. The molecule has 0 saturated heterocycles. The summed E-state index contributed by atoms with van der Waals surface area (Å²) in [6.45, 7) is 2.04. The summed E-state index contributed by atoms with van der Waals surface area (Å²) in [4.78, 5) is 2.30. The molecule has 2 aliphatic rings. The Morgan fingerprint density at radius 2 is 1.89 bits per heavy atom. The van der Waals surface area contributed by atoms with E-state index >= 15 is 0 Å². The van der Waals surface area contributed by atoms with E-state index in [-0.39, 0.29) is 6.10 Å². The standard InChI is InChI=1S/C16H24N2O/c1-18(11-13-8-16(19)9-13)15-6-2-12(3-7-15)10-17-14-4-5-14/h2-3,6-7,13-14,16-17,19H,4-5,8-11H2,1H3. The van der Waals surface area contributed by atoms with Crippen LogP contribution in [0, 0.1) is 5.92 Å². The first-order valence-electron chi connectivity index (χ1n) is 7.42. The quantitative estimate of drug-likeness (QED) is 0.822. The number of aliphatic hydroxyl groups is 1. The Morgan fingerprint density at radius 1 is 1.21 bits per heavy atom. The molecule has 1 aromatic rings. The molecule has 104 valence electrons. The van der Waals surface area contributed by atoms with Crippen LogP contribution >= 0.6 is 0 Å². The third-order valence-corrected chi connectivity index (χ3v) is 4.29. The van der Waals surface area contributed by atoms with Crippen molar-refractivity contribution in [2.45, 2.75) is 44.4 Å². The Morgan fingerprint density at radius 3 is 2.47 bits per heavy atom. The number of hydrogen-bond acceptors (Lipinski definition) is 3. The van der Waals surface area contributed by atoms with Gasteiger partial charge in [-0.1, -0.05) is 12.1 Å². The monoisotopic (exact) mass is 260 g/mol. The molecule has 0 spiro atoms. The van der Waals surface area contributed by atoms with Crippen molar-refractivity contribution in [2.24, 2.45) is 5.92 Å². The molecule has 3 rings (SSSR count). The van der Waals surface area contributed by atoms with Gasteiger partial charge in [-0.2, -0.15) is 0 Å². The number of hydrogen-bond donors (Lipinski definition) is 2. The van der Waals surface area contributed by atoms with Crippen LogP contribution in [0.5, 0.6) is 0 Å². The second kappa shape index (κ2) is 5.51. The predicted octanol–water partition coefficient (Wildman–Crippen LogP) is 2.15. The van der Waals surface area contributed by atoms with Gasteiger partial charge in [-0.05, 0) is 49.3 Å². The maximum Gasteiger partial charge on any atom is 0.0546 e. The van der Waals surface area contributed by atoms with Crippen LogP contribution < -0.4 is 10.2 Å². The molecule has 19 heavy (non-hydrogen) atoms. The van der Waals surface area contributed by atoms with E-state index in [2.05, 4.69) is 41.5 Å². The van der Waals surface area contributed by atoms with Gasteiger partial charge in [0.2, 0.25) is 0 Å². The average molecular weight is 260 g/mol. The van der Waals surface area contributed by atoms with Gasteiger partial charge in [0.1, 0.15) is 0 Å². The van der Waals surface area contributed by atoms with Gasteiger partial charge in [0.25, 0.3) is 0 Å². The minimum Gasteiger partial charge on any atom is -0.393 e. The van der Waals surface area contributed by atoms with Gasteiger partial charge in [-0.3, -0.25) is 0 Å². The summed E-state index contributed by atoms with van der Waals surface area (Å²) in [5.74, 6) is 0.663. The molecule has 3 nitrogen and oxygen atoms in total. The largest absolute Gasteiger partial charge is 0.393 e. The fourth-order valence-electron chi connectivity index (χ4n) is 2.76. The molecule has 2 aliphatic carbocycles. The Labute approximate surface area is 115 Å². The van der Waals surface area contributed by atoms with Crippen molar-refractivity contribution in [1.82, 2.24) is 5.32 Å². The molecule has 0 heterocycles. The van der Waals surface area contributed by atoms with Crippen molar-refractivity contribution < 1.29 is 5.11 Å². The highest BCUT2D eigenvalue weighted by molar-refractivity contribution is 5.47. The zero-order valence-electron chi connectivity index (χ0n) is 11.7. The molecule has 0 aliphatic heterocycles. The van der Waals surface area contributed by atoms with Crippen LogP contribution in [0.3, 0.4) is 0 Å². The lowest BCUT2D eigenvalue weighted by Gasteiger charge is -2.35. The molecule has 0 atom stereocenters. The Hall–Kier alpha value is -1.06. The van der Waals surface area contributed by atoms with Gasteiger partial charge in [0.05, 0.1) is 6.10 Å². The normalized spacial score (nSPS) is 26.0. The maximum atomic E-state index is 9.32. The number of aliphatic hydroxyl groups excluding tert-OH is 1. The van der Waals surface area contributed by atoms with Crippen molar-refractivity contribution in [1.29, 1.82) is 0 Å². The van der Waals surface area contributed by atoms with E-state index in [0.717, 1.165) is 32.0 Å². The average Bonchev–Trinajstić information content (AvgIpc) is 3.19. The van der Waals surface area contributed by atoms with E-state index < -0.39 is 0 Å². The van der Waals surface area contributed by atoms with Crippen molar-refractivity contribution >= 4 is 5.69 Å². The fraction of sp³-hybridized carbons (Fsp3) is 0.625. The molecule has 0 aromatic heterocycles. The van der Waals surface area contributed by atoms with Gasteiger partial charge in [0, 0.05) is 31.9 Å². The maximum absolute atomic E-state index is 9.32. The summed E-state index contributed by atoms with van der Waals surface area (Å²) < 4.78 is 0. The molecule has 2 saturated carbocycles. The van der Waals surface area contributed by atoms with Crippen molar-refractivity contribution in [3.63, 3.8) is 0 Å². The fourth-order valence-corrected chi connectivity index (χ4v) is 2.76. The highest BCUT2D eigenvalue weighted by Gasteiger charge is 2.28. The smallest absolute Gasteiger partial charge is 0.0546 e. The lowest BCUT2D eigenvalue weighted by atomic mass is 9.82. The summed E-state index contributed by atoms with van der Waals surface area (Å²) in [5, 5.41) is 12.9. The van der Waals surface area contributed by atoms with E-state index in [0.29, 0.717) is 5.92 Å². The van der Waals surface area contributed by atoms with Gasteiger partial charge in [-0.15, -0.1) is 0 Å². The highest BCUT2D eigenvalue weighted by Crippen LogP contribution is 2.29. The van der Waals surface area contributed by atoms with E-state index in [4.69, 9.17) is 0 Å². The number of rotatable bonds is 6. The number of nitrogens with zero attached hydrogens (tertiary/aromatic N) is 1. The summed E-state index contributed by atoms with van der Waals surface area (Å²) in [6.07, 6.45) is 4.57. The molecule has 2 fully saturated rings. The van der Waals surface area contributed by atoms with E-state index in [1.165, 1.54) is 24.1 Å². The zero-order chi connectivity index (χ0) is 13.2. The summed E-state index contributed by atoms with van der Waals surface area (Å²) in [6, 6.07) is 9.62. The SMILES string of the molecule is CN(CC1CC(O)C1)c1ccc(CNC2CC2)cc1. The first-order chi connectivity index (χ1) is 9.20. The number of nitrogens with one attached hydrogen (secondary N) is 1. The van der Waals surface area contributed by atoms with E-state index in [9.17, 15) is 5.11 Å². The first kappa shape index (κ1) is 12.9. The van der Waals surface area contributed by atoms with Gasteiger partial charge in [-0.25, -0.2) is 0 Å². The van der Waals surface area contributed by atoms with E-state index in [1.807, 2.05) is 0 Å². The zero-order valence-corrected chi connectivity index (χ0v) is 11.7. The van der Waals surface area contributed by atoms with Crippen LogP contribution in [0.2, 0.25) is 0 Å². The van der Waals surface area contributed by atoms with Crippen LogP contribution in [-0.4, -0.2) is 30.8 Å². The molecular weight excluding hydrogens is 236 g/mol. The van der Waals surface area contributed by atoms with Crippen LogP contribution in [0.25, 0.3) is 0 Å². The molecule has 0 bridgehead atoms. The topological polar surface area (TPSA) is 35.5 Å². The Bertz CT molecular complexity index is 407. The van der Waals surface area contributed by atoms with Crippen LogP contribution in [0.4, 0.5) is 5.69 Å². The minimum atomic E-state index is -0.0470. The summed E-state index contributed by atoms with van der Waals surface area (Å²) in [5.41, 5.74) is 2.64. The van der Waals surface area contributed by atoms with Crippen LogP contribution in [-0.2, 0) is 6.54 Å². The number of benzene rings is 1. The van der Waals surface area contributed by atoms with Gasteiger partial charge in [0.15, 0.2) is 0 Å². The number of anilines is 1. The first-order valence-corrected chi connectivity index (χ1v) is 7.42. The summed E-state index contributed by atoms with van der Waals surface area (Å²) >= 11 is 0. The second-order valence-electron chi connectivity index (χ2n) is 6.19. The highest BCUT2D eigenvalue weighted by atomic mass is 16.3. The predicted molar refractivity (Wildman–Crippen MR) is 78.3 cm³/mol. The minimum absolute atomic E-state index is 0.0470.